The molecule has 4 nitrogen and oxygen atoms in total. The van der Waals surface area contributed by atoms with Gasteiger partial charge in [-0.3, -0.25) is 9.59 Å². The predicted octanol–water partition coefficient (Wildman–Crippen LogP) is -0.403. The average molecular weight is 155 g/mol. The van der Waals surface area contributed by atoms with Gasteiger partial charge in [-0.25, -0.2) is 0 Å². The van der Waals surface area contributed by atoms with E-state index < -0.39 is 17.3 Å². The Morgan fingerprint density at radius 2 is 2.27 bits per heavy atom. The Hall–Kier alpha value is -1.06. The second-order valence-corrected chi connectivity index (χ2v) is 3.26. The lowest BCUT2D eigenvalue weighted by atomic mass is 9.93. The van der Waals surface area contributed by atoms with Gasteiger partial charge in [0.05, 0.1) is 11.3 Å². The van der Waals surface area contributed by atoms with Gasteiger partial charge in [0.25, 0.3) is 0 Å². The lowest BCUT2D eigenvalue weighted by Gasteiger charge is -2.07. The van der Waals surface area contributed by atoms with Crippen molar-refractivity contribution < 1.29 is 14.7 Å². The normalized spacial score (nSPS) is 32.0. The lowest BCUT2D eigenvalue weighted by Crippen LogP contribution is -2.25. The number of nitrogens with one attached hydrogen (secondary N) is 1. The van der Waals surface area contributed by atoms with E-state index in [1.54, 1.807) is 0 Å². The highest BCUT2D eigenvalue weighted by molar-refractivity contribution is 5.94. The third-order valence-corrected chi connectivity index (χ3v) is 2.67. The van der Waals surface area contributed by atoms with E-state index in [1.165, 1.54) is 0 Å². The highest BCUT2D eigenvalue weighted by atomic mass is 16.4. The van der Waals surface area contributed by atoms with Gasteiger partial charge in [-0.2, -0.15) is 0 Å². The van der Waals surface area contributed by atoms with E-state index in [9.17, 15) is 9.59 Å². The van der Waals surface area contributed by atoms with E-state index in [0.29, 0.717) is 6.54 Å². The summed E-state index contributed by atoms with van der Waals surface area (Å²) in [7, 11) is 0. The molecule has 1 aliphatic carbocycles. The van der Waals surface area contributed by atoms with E-state index in [1.807, 2.05) is 0 Å². The summed E-state index contributed by atoms with van der Waals surface area (Å²) in [6, 6.07) is 0. The number of carbonyl (C=O) groups excluding carboxylic acids is 1. The van der Waals surface area contributed by atoms with Gasteiger partial charge in [0.2, 0.25) is 5.91 Å². The van der Waals surface area contributed by atoms with Crippen LogP contribution in [0, 0.1) is 11.3 Å². The zero-order valence-corrected chi connectivity index (χ0v) is 5.96. The highest BCUT2D eigenvalue weighted by Crippen LogP contribution is 2.54. The number of hydrogen-bond donors (Lipinski definition) is 2. The molecule has 1 spiro atoms. The SMILES string of the molecule is O=C(O)C1CNC(=O)C12CC2. The third kappa shape index (κ3) is 0.692. The van der Waals surface area contributed by atoms with Crippen molar-refractivity contribution >= 4 is 11.9 Å². The van der Waals surface area contributed by atoms with Gasteiger partial charge in [-0.1, -0.05) is 0 Å². The quantitative estimate of drug-likeness (QED) is 0.541. The summed E-state index contributed by atoms with van der Waals surface area (Å²) < 4.78 is 0. The summed E-state index contributed by atoms with van der Waals surface area (Å²) in [4.78, 5) is 21.7. The van der Waals surface area contributed by atoms with Crippen molar-refractivity contribution in [1.29, 1.82) is 0 Å². The zero-order valence-electron chi connectivity index (χ0n) is 5.96. The van der Waals surface area contributed by atoms with Crippen LogP contribution in [0.4, 0.5) is 0 Å². The van der Waals surface area contributed by atoms with E-state index in [0.717, 1.165) is 12.8 Å². The molecule has 2 fully saturated rings. The molecule has 2 aliphatic rings. The zero-order chi connectivity index (χ0) is 8.06. The minimum absolute atomic E-state index is 0.0649. The molecule has 4 heteroatoms. The molecule has 2 rings (SSSR count). The molecular weight excluding hydrogens is 146 g/mol. The maximum Gasteiger partial charge on any atom is 0.309 e. The van der Waals surface area contributed by atoms with Gasteiger partial charge >= 0.3 is 5.97 Å². The Morgan fingerprint density at radius 3 is 2.64 bits per heavy atom. The molecule has 0 bridgehead atoms. The minimum atomic E-state index is -0.846. The predicted molar refractivity (Wildman–Crippen MR) is 35.8 cm³/mol. The molecule has 0 aromatic rings. The Morgan fingerprint density at radius 1 is 1.64 bits per heavy atom. The average Bonchev–Trinajstić information content (AvgIpc) is 2.61. The minimum Gasteiger partial charge on any atom is -0.481 e. The van der Waals surface area contributed by atoms with Crippen molar-refractivity contribution in [2.45, 2.75) is 12.8 Å². The van der Waals surface area contributed by atoms with Gasteiger partial charge in [-0.15, -0.1) is 0 Å². The molecule has 60 valence electrons. The fourth-order valence-electron chi connectivity index (χ4n) is 1.76. The number of aliphatic carboxylic acids is 1. The molecule has 1 unspecified atom stereocenters. The molecule has 0 aromatic heterocycles. The summed E-state index contributed by atoms with van der Waals surface area (Å²) in [5.74, 6) is -1.39. The number of carboxylic acids is 1. The second-order valence-electron chi connectivity index (χ2n) is 3.26. The van der Waals surface area contributed by atoms with Crippen LogP contribution in [0.5, 0.6) is 0 Å². The van der Waals surface area contributed by atoms with Crippen LogP contribution in [-0.2, 0) is 9.59 Å². The molecule has 1 saturated heterocycles. The summed E-state index contributed by atoms with van der Waals surface area (Å²) in [6.07, 6.45) is 1.49. The van der Waals surface area contributed by atoms with Gasteiger partial charge in [0.15, 0.2) is 0 Å². The Bertz CT molecular complexity index is 232. The molecule has 0 radical (unpaired) electrons. The first-order valence-electron chi connectivity index (χ1n) is 3.68. The van der Waals surface area contributed by atoms with Crippen LogP contribution in [-0.4, -0.2) is 23.5 Å². The molecule has 1 saturated carbocycles. The smallest absolute Gasteiger partial charge is 0.309 e. The van der Waals surface area contributed by atoms with Crippen molar-refractivity contribution in [3.63, 3.8) is 0 Å². The summed E-state index contributed by atoms with van der Waals surface area (Å²) in [5.41, 5.74) is -0.508. The summed E-state index contributed by atoms with van der Waals surface area (Å²) in [5, 5.41) is 11.3. The molecule has 1 heterocycles. The van der Waals surface area contributed by atoms with Gasteiger partial charge in [0.1, 0.15) is 0 Å². The van der Waals surface area contributed by atoms with Crippen LogP contribution < -0.4 is 5.32 Å². The van der Waals surface area contributed by atoms with Crippen molar-refractivity contribution in [3.8, 4) is 0 Å². The number of carbonyl (C=O) groups is 2. The second kappa shape index (κ2) is 1.75. The first kappa shape index (κ1) is 6.64. The highest BCUT2D eigenvalue weighted by Gasteiger charge is 2.61. The largest absolute Gasteiger partial charge is 0.481 e. The van der Waals surface area contributed by atoms with Crippen molar-refractivity contribution in [2.24, 2.45) is 11.3 Å². The molecule has 11 heavy (non-hydrogen) atoms. The van der Waals surface area contributed by atoms with Crippen LogP contribution in [0.15, 0.2) is 0 Å². The van der Waals surface area contributed by atoms with E-state index in [2.05, 4.69) is 5.32 Å². The first-order chi connectivity index (χ1) is 5.17. The molecule has 1 aliphatic heterocycles. The van der Waals surface area contributed by atoms with Gasteiger partial charge in [-0.05, 0) is 12.8 Å². The molecule has 2 N–H and O–H groups in total. The maximum absolute atomic E-state index is 11.1. The van der Waals surface area contributed by atoms with Crippen LogP contribution in [0.25, 0.3) is 0 Å². The lowest BCUT2D eigenvalue weighted by molar-refractivity contribution is -0.144. The Balaban J connectivity index is 2.25. The van der Waals surface area contributed by atoms with Crippen molar-refractivity contribution in [3.05, 3.63) is 0 Å². The van der Waals surface area contributed by atoms with E-state index in [4.69, 9.17) is 5.11 Å². The van der Waals surface area contributed by atoms with Crippen molar-refractivity contribution in [2.75, 3.05) is 6.54 Å². The summed E-state index contributed by atoms with van der Waals surface area (Å²) >= 11 is 0. The third-order valence-electron chi connectivity index (χ3n) is 2.67. The van der Waals surface area contributed by atoms with Crippen LogP contribution >= 0.6 is 0 Å². The number of amides is 1. The van der Waals surface area contributed by atoms with Crippen LogP contribution in [0.3, 0.4) is 0 Å². The van der Waals surface area contributed by atoms with Crippen LogP contribution in [0.1, 0.15) is 12.8 Å². The summed E-state index contributed by atoms with van der Waals surface area (Å²) in [6.45, 7) is 0.314. The maximum atomic E-state index is 11.1. The van der Waals surface area contributed by atoms with Crippen molar-refractivity contribution in [1.82, 2.24) is 5.32 Å². The standard InChI is InChI=1S/C7H9NO3/c9-5(10)4-3-8-6(11)7(4)1-2-7/h4H,1-3H2,(H,8,11)(H,9,10). The number of hydrogen-bond acceptors (Lipinski definition) is 2. The fraction of sp³-hybridized carbons (Fsp3) is 0.714. The Labute approximate surface area is 63.6 Å². The number of rotatable bonds is 1. The molecule has 1 amide bonds. The Kier molecular flexibility index (Phi) is 1.06. The number of carboxylic acid groups (broad SMARTS) is 1. The van der Waals surface area contributed by atoms with E-state index >= 15 is 0 Å². The fourth-order valence-corrected chi connectivity index (χ4v) is 1.76. The van der Waals surface area contributed by atoms with Crippen LogP contribution in [0.2, 0.25) is 0 Å². The topological polar surface area (TPSA) is 66.4 Å². The molecule has 0 aromatic carbocycles. The monoisotopic (exact) mass is 155 g/mol. The van der Waals surface area contributed by atoms with Gasteiger partial charge in [0, 0.05) is 6.54 Å². The van der Waals surface area contributed by atoms with Gasteiger partial charge < -0.3 is 10.4 Å². The first-order valence-corrected chi connectivity index (χ1v) is 3.68. The molecular formula is C7H9NO3. The van der Waals surface area contributed by atoms with E-state index in [-0.39, 0.29) is 5.91 Å². The molecule has 1 atom stereocenters.